The number of carbonyl (C=O) groups is 1. The predicted octanol–water partition coefficient (Wildman–Crippen LogP) is 1.84. The number of ether oxygens (including phenoxy) is 1. The molecule has 0 saturated carbocycles. The van der Waals surface area contributed by atoms with Crippen LogP contribution in [0.4, 0.5) is 22.0 Å². The molecule has 0 radical (unpaired) electrons. The lowest BCUT2D eigenvalue weighted by Crippen LogP contribution is -2.22. The van der Waals surface area contributed by atoms with Crippen LogP contribution in [0.15, 0.2) is 10.9 Å². The van der Waals surface area contributed by atoms with Gasteiger partial charge in [0.15, 0.2) is 5.43 Å². The number of aromatic nitrogens is 1. The molecule has 0 unspecified atom stereocenters. The van der Waals surface area contributed by atoms with Crippen molar-refractivity contribution < 1.29 is 36.6 Å². The van der Waals surface area contributed by atoms with E-state index < -0.39 is 47.7 Å². The van der Waals surface area contributed by atoms with Gasteiger partial charge in [-0.05, 0) is 0 Å². The lowest BCUT2D eigenvalue weighted by molar-refractivity contribution is -0.276. The lowest BCUT2D eigenvalue weighted by Gasteiger charge is -2.12. The van der Waals surface area contributed by atoms with Crippen molar-refractivity contribution in [3.63, 3.8) is 0 Å². The Balaban J connectivity index is 3.30. The van der Waals surface area contributed by atoms with Crippen molar-refractivity contribution in [2.45, 2.75) is 19.2 Å². The molecular weight excluding hydrogens is 281 g/mol. The van der Waals surface area contributed by atoms with Crippen LogP contribution in [0.25, 0.3) is 0 Å². The fourth-order valence-electron chi connectivity index (χ4n) is 1.31. The highest BCUT2D eigenvalue weighted by Gasteiger charge is 2.32. The molecule has 106 valence electrons. The molecule has 1 aromatic heterocycles. The highest BCUT2D eigenvalue weighted by atomic mass is 19.4. The summed E-state index contributed by atoms with van der Waals surface area (Å²) in [6, 6.07) is 0.181. The molecule has 0 saturated heterocycles. The predicted molar refractivity (Wildman–Crippen MR) is 50.0 cm³/mol. The maximum Gasteiger partial charge on any atom is 0.574 e. The maximum absolute atomic E-state index is 12.5. The van der Waals surface area contributed by atoms with Gasteiger partial charge in [-0.2, -0.15) is 0 Å². The van der Waals surface area contributed by atoms with Gasteiger partial charge in [0.25, 0.3) is 6.43 Å². The van der Waals surface area contributed by atoms with E-state index in [1.54, 1.807) is 4.98 Å². The van der Waals surface area contributed by atoms with E-state index in [1.807, 2.05) is 0 Å². The zero-order chi connectivity index (χ0) is 14.8. The van der Waals surface area contributed by atoms with E-state index in [9.17, 15) is 31.5 Å². The number of aromatic amines is 1. The second-order valence-electron chi connectivity index (χ2n) is 3.31. The summed E-state index contributed by atoms with van der Waals surface area (Å²) in [4.78, 5) is 23.4. The number of rotatable bonds is 4. The highest BCUT2D eigenvalue weighted by molar-refractivity contribution is 5.70. The van der Waals surface area contributed by atoms with Crippen molar-refractivity contribution in [2.24, 2.45) is 0 Å². The summed E-state index contributed by atoms with van der Waals surface area (Å²) < 4.78 is 64.2. The first-order valence-corrected chi connectivity index (χ1v) is 4.62. The third kappa shape index (κ3) is 4.23. The molecule has 0 spiro atoms. The number of hydrogen-bond acceptors (Lipinski definition) is 3. The fraction of sp³-hybridized carbons (Fsp3) is 0.333. The Hall–Kier alpha value is -2.13. The van der Waals surface area contributed by atoms with Gasteiger partial charge >= 0.3 is 12.3 Å². The molecular formula is C9H6F5NO4. The van der Waals surface area contributed by atoms with Crippen LogP contribution in [-0.2, 0) is 11.2 Å². The van der Waals surface area contributed by atoms with Gasteiger partial charge in [-0.25, -0.2) is 8.78 Å². The third-order valence-corrected chi connectivity index (χ3v) is 1.90. The highest BCUT2D eigenvalue weighted by Crippen LogP contribution is 2.24. The van der Waals surface area contributed by atoms with E-state index in [4.69, 9.17) is 5.11 Å². The van der Waals surface area contributed by atoms with Gasteiger partial charge in [0, 0.05) is 11.8 Å². The van der Waals surface area contributed by atoms with Crippen molar-refractivity contribution in [1.82, 2.24) is 4.98 Å². The molecule has 1 heterocycles. The first-order valence-electron chi connectivity index (χ1n) is 4.62. The molecule has 5 nitrogen and oxygen atoms in total. The van der Waals surface area contributed by atoms with Crippen molar-refractivity contribution in [3.05, 3.63) is 27.5 Å². The SMILES string of the molecule is O=C(O)Cc1[nH]c(OC(F)(F)F)cc(=O)c1C(F)F. The van der Waals surface area contributed by atoms with Crippen molar-refractivity contribution in [3.8, 4) is 5.88 Å². The summed E-state index contributed by atoms with van der Waals surface area (Å²) in [6.45, 7) is 0. The Morgan fingerprint density at radius 1 is 1.42 bits per heavy atom. The molecule has 0 aliphatic heterocycles. The van der Waals surface area contributed by atoms with E-state index in [2.05, 4.69) is 4.74 Å². The lowest BCUT2D eigenvalue weighted by atomic mass is 10.1. The van der Waals surface area contributed by atoms with E-state index in [0.29, 0.717) is 0 Å². The van der Waals surface area contributed by atoms with Crippen LogP contribution in [-0.4, -0.2) is 22.4 Å². The number of carboxylic acids is 1. The fourth-order valence-corrected chi connectivity index (χ4v) is 1.31. The van der Waals surface area contributed by atoms with Crippen LogP contribution >= 0.6 is 0 Å². The largest absolute Gasteiger partial charge is 0.574 e. The first kappa shape index (κ1) is 14.9. The number of nitrogens with one attached hydrogen (secondary N) is 1. The summed E-state index contributed by atoms with van der Waals surface area (Å²) in [6.07, 6.45) is -9.53. The van der Waals surface area contributed by atoms with Gasteiger partial charge in [0.2, 0.25) is 5.88 Å². The number of halogens is 5. The van der Waals surface area contributed by atoms with Crippen molar-refractivity contribution >= 4 is 5.97 Å². The van der Waals surface area contributed by atoms with E-state index >= 15 is 0 Å². The van der Waals surface area contributed by atoms with Crippen LogP contribution in [0.1, 0.15) is 17.7 Å². The third-order valence-electron chi connectivity index (χ3n) is 1.90. The molecule has 0 atom stereocenters. The summed E-state index contributed by atoms with van der Waals surface area (Å²) in [7, 11) is 0. The van der Waals surface area contributed by atoms with E-state index in [0.717, 1.165) is 0 Å². The molecule has 0 aromatic carbocycles. The first-order chi connectivity index (χ1) is 8.60. The average Bonchev–Trinajstić information content (AvgIpc) is 2.10. The summed E-state index contributed by atoms with van der Waals surface area (Å²) in [5.41, 5.74) is -3.48. The molecule has 0 aliphatic rings. The van der Waals surface area contributed by atoms with Crippen molar-refractivity contribution in [1.29, 1.82) is 0 Å². The maximum atomic E-state index is 12.5. The summed E-state index contributed by atoms with van der Waals surface area (Å²) in [5, 5.41) is 8.46. The van der Waals surface area contributed by atoms with Crippen molar-refractivity contribution in [2.75, 3.05) is 0 Å². The van der Waals surface area contributed by atoms with Gasteiger partial charge < -0.3 is 14.8 Å². The standard InChI is InChI=1S/C9H6F5NO4/c10-8(11)7-3(1-6(17)18)15-5(2-4(7)16)19-9(12,13)14/h2,8H,1H2,(H,15,16)(H,17,18). The van der Waals surface area contributed by atoms with Crippen LogP contribution < -0.4 is 10.2 Å². The Morgan fingerprint density at radius 2 is 2.00 bits per heavy atom. The molecule has 10 heteroatoms. The Kier molecular flexibility index (Phi) is 4.12. The minimum absolute atomic E-state index is 0.181. The zero-order valence-corrected chi connectivity index (χ0v) is 8.92. The molecule has 1 aromatic rings. The molecule has 1 rings (SSSR count). The Morgan fingerprint density at radius 3 is 2.42 bits per heavy atom. The monoisotopic (exact) mass is 287 g/mol. The summed E-state index contributed by atoms with van der Waals surface area (Å²) >= 11 is 0. The topological polar surface area (TPSA) is 79.4 Å². The van der Waals surface area contributed by atoms with Crippen LogP contribution in [0.5, 0.6) is 5.88 Å². The number of aliphatic carboxylic acids is 1. The minimum Gasteiger partial charge on any atom is -0.481 e. The smallest absolute Gasteiger partial charge is 0.481 e. The van der Waals surface area contributed by atoms with Gasteiger partial charge in [-0.15, -0.1) is 13.2 Å². The van der Waals surface area contributed by atoms with Crippen LogP contribution in [0, 0.1) is 0 Å². The number of carboxylic acid groups (broad SMARTS) is 1. The normalized spacial score (nSPS) is 11.7. The van der Waals surface area contributed by atoms with E-state index in [-0.39, 0.29) is 6.07 Å². The summed E-state index contributed by atoms with van der Waals surface area (Å²) in [5.74, 6) is -2.75. The average molecular weight is 287 g/mol. The number of alkyl halides is 5. The van der Waals surface area contributed by atoms with Gasteiger partial charge in [-0.3, -0.25) is 9.59 Å². The minimum atomic E-state index is -5.14. The van der Waals surface area contributed by atoms with Gasteiger partial charge in [0.1, 0.15) is 0 Å². The number of H-pyrrole nitrogens is 1. The van der Waals surface area contributed by atoms with Gasteiger partial charge in [-0.1, -0.05) is 0 Å². The Bertz CT molecular complexity index is 536. The molecule has 2 N–H and O–H groups in total. The van der Waals surface area contributed by atoms with Gasteiger partial charge in [0.05, 0.1) is 12.0 Å². The second kappa shape index (κ2) is 5.24. The van der Waals surface area contributed by atoms with E-state index in [1.165, 1.54) is 0 Å². The zero-order valence-electron chi connectivity index (χ0n) is 8.92. The molecule has 0 fully saturated rings. The van der Waals surface area contributed by atoms with Crippen LogP contribution in [0.2, 0.25) is 0 Å². The second-order valence-corrected chi connectivity index (χ2v) is 3.31. The number of hydrogen-bond donors (Lipinski definition) is 2. The molecule has 0 aliphatic carbocycles. The Labute approximate surface area is 101 Å². The quantitative estimate of drug-likeness (QED) is 0.828. The number of pyridine rings is 1. The molecule has 0 amide bonds. The van der Waals surface area contributed by atoms with Crippen LogP contribution in [0.3, 0.4) is 0 Å². The molecule has 19 heavy (non-hydrogen) atoms. The molecule has 0 bridgehead atoms.